The van der Waals surface area contributed by atoms with Gasteiger partial charge in [0.25, 0.3) is 11.8 Å². The van der Waals surface area contributed by atoms with E-state index in [-0.39, 0.29) is 21.9 Å². The normalized spacial score (nSPS) is 10.7. The zero-order valence-corrected chi connectivity index (χ0v) is 23.8. The maximum atomic E-state index is 12.7. The summed E-state index contributed by atoms with van der Waals surface area (Å²) in [6.45, 7) is 2.13. The number of benzene rings is 4. The molecule has 208 valence electrons. The van der Waals surface area contributed by atoms with Gasteiger partial charge in [-0.15, -0.1) is 0 Å². The fourth-order valence-corrected chi connectivity index (χ4v) is 4.16. The Morgan fingerprint density at radius 3 is 2.29 bits per heavy atom. The van der Waals surface area contributed by atoms with Crippen molar-refractivity contribution < 1.29 is 23.9 Å². The zero-order valence-electron chi connectivity index (χ0n) is 21.5. The van der Waals surface area contributed by atoms with E-state index in [1.165, 1.54) is 24.4 Å². The second-order valence-corrected chi connectivity index (χ2v) is 9.67. The third kappa shape index (κ3) is 8.08. The number of ether oxygens (including phenoxy) is 2. The highest BCUT2D eigenvalue weighted by Gasteiger charge is 2.14. The van der Waals surface area contributed by atoms with E-state index in [0.29, 0.717) is 39.2 Å². The van der Waals surface area contributed by atoms with Crippen LogP contribution >= 0.6 is 34.8 Å². The van der Waals surface area contributed by atoms with Gasteiger partial charge in [0.15, 0.2) is 11.5 Å². The Hall–Kier alpha value is -4.37. The fourth-order valence-electron chi connectivity index (χ4n) is 3.54. The maximum Gasteiger partial charge on any atom is 0.343 e. The largest absolute Gasteiger partial charge is 0.490 e. The standard InChI is InChI=1S/C30H22Cl3N3O5/c1-2-40-27-14-18(6-13-26(27)41-30(39)19-7-9-21(31)10-8-19)17-34-36-28(37)20-4-3-5-23(15-20)35-29(38)24-12-11-22(32)16-25(24)33/h3-17H,2H2,1H3,(H,35,38)(H,36,37). The molecule has 2 amide bonds. The number of hydrazone groups is 1. The molecule has 0 saturated heterocycles. The minimum atomic E-state index is -0.564. The number of hydrogen-bond donors (Lipinski definition) is 2. The average molecular weight is 611 g/mol. The molecule has 0 spiro atoms. The number of nitrogens with one attached hydrogen (secondary N) is 2. The van der Waals surface area contributed by atoms with Gasteiger partial charge in [0, 0.05) is 21.3 Å². The van der Waals surface area contributed by atoms with Gasteiger partial charge in [-0.05, 0) is 91.3 Å². The van der Waals surface area contributed by atoms with Crippen molar-refractivity contribution >= 4 is 64.5 Å². The number of carbonyl (C=O) groups is 3. The highest BCUT2D eigenvalue weighted by Crippen LogP contribution is 2.29. The van der Waals surface area contributed by atoms with Crippen molar-refractivity contribution in [3.8, 4) is 11.5 Å². The lowest BCUT2D eigenvalue weighted by atomic mass is 10.1. The number of hydrogen-bond acceptors (Lipinski definition) is 6. The summed E-state index contributed by atoms with van der Waals surface area (Å²) in [4.78, 5) is 37.8. The Balaban J connectivity index is 1.40. The number of amides is 2. The van der Waals surface area contributed by atoms with Crippen molar-refractivity contribution in [2.45, 2.75) is 6.92 Å². The molecule has 0 bridgehead atoms. The summed E-state index contributed by atoms with van der Waals surface area (Å²) >= 11 is 17.9. The third-order valence-corrected chi connectivity index (χ3v) is 6.29. The van der Waals surface area contributed by atoms with Gasteiger partial charge < -0.3 is 14.8 Å². The predicted molar refractivity (Wildman–Crippen MR) is 160 cm³/mol. The molecule has 0 atom stereocenters. The molecule has 0 radical (unpaired) electrons. The molecule has 41 heavy (non-hydrogen) atoms. The molecule has 8 nitrogen and oxygen atoms in total. The number of carbonyl (C=O) groups excluding carboxylic acids is 3. The minimum absolute atomic E-state index is 0.207. The van der Waals surface area contributed by atoms with Crippen molar-refractivity contribution in [2.24, 2.45) is 5.10 Å². The van der Waals surface area contributed by atoms with E-state index in [1.54, 1.807) is 73.7 Å². The maximum absolute atomic E-state index is 12.7. The van der Waals surface area contributed by atoms with Crippen LogP contribution in [-0.2, 0) is 0 Å². The monoisotopic (exact) mass is 609 g/mol. The van der Waals surface area contributed by atoms with Crippen LogP contribution in [0.5, 0.6) is 11.5 Å². The molecular formula is C30H22Cl3N3O5. The second kappa shape index (κ2) is 13.8. The molecule has 0 aliphatic rings. The van der Waals surface area contributed by atoms with Crippen LogP contribution < -0.4 is 20.2 Å². The SMILES string of the molecule is CCOc1cc(C=NNC(=O)c2cccc(NC(=O)c3ccc(Cl)cc3Cl)c2)ccc1OC(=O)c1ccc(Cl)cc1. The van der Waals surface area contributed by atoms with Crippen LogP contribution in [0.1, 0.15) is 43.6 Å². The van der Waals surface area contributed by atoms with E-state index in [0.717, 1.165) is 0 Å². The molecule has 4 rings (SSSR count). The van der Waals surface area contributed by atoms with Gasteiger partial charge in [-0.25, -0.2) is 10.2 Å². The van der Waals surface area contributed by atoms with Gasteiger partial charge in [-0.1, -0.05) is 40.9 Å². The van der Waals surface area contributed by atoms with Crippen LogP contribution in [0.15, 0.2) is 90.0 Å². The zero-order chi connectivity index (χ0) is 29.4. The van der Waals surface area contributed by atoms with Crippen LogP contribution in [0.2, 0.25) is 15.1 Å². The van der Waals surface area contributed by atoms with Crippen molar-refractivity contribution in [1.82, 2.24) is 5.43 Å². The molecule has 4 aromatic rings. The Kier molecular flexibility index (Phi) is 9.97. The molecule has 0 aromatic heterocycles. The lowest BCUT2D eigenvalue weighted by molar-refractivity contribution is 0.0728. The van der Waals surface area contributed by atoms with E-state index < -0.39 is 17.8 Å². The first-order valence-corrected chi connectivity index (χ1v) is 13.3. The molecule has 0 heterocycles. The number of anilines is 1. The van der Waals surface area contributed by atoms with Crippen molar-refractivity contribution in [2.75, 3.05) is 11.9 Å². The number of esters is 1. The van der Waals surface area contributed by atoms with Crippen molar-refractivity contribution in [1.29, 1.82) is 0 Å². The van der Waals surface area contributed by atoms with Crippen molar-refractivity contribution in [3.63, 3.8) is 0 Å². The second-order valence-electron chi connectivity index (χ2n) is 8.39. The van der Waals surface area contributed by atoms with Gasteiger partial charge >= 0.3 is 5.97 Å². The Bertz CT molecular complexity index is 1620. The highest BCUT2D eigenvalue weighted by atomic mass is 35.5. The molecule has 0 aliphatic carbocycles. The van der Waals surface area contributed by atoms with Gasteiger partial charge in [0.1, 0.15) is 0 Å². The van der Waals surface area contributed by atoms with E-state index in [1.807, 2.05) is 0 Å². The quantitative estimate of drug-likeness (QED) is 0.0897. The Morgan fingerprint density at radius 1 is 0.805 bits per heavy atom. The molecule has 0 aliphatic heterocycles. The topological polar surface area (TPSA) is 106 Å². The molecule has 4 aromatic carbocycles. The summed E-state index contributed by atoms with van der Waals surface area (Å²) in [6, 6.07) is 22.0. The van der Waals surface area contributed by atoms with Crippen LogP contribution in [-0.4, -0.2) is 30.6 Å². The summed E-state index contributed by atoms with van der Waals surface area (Å²) in [5, 5.41) is 7.83. The van der Waals surface area contributed by atoms with Gasteiger partial charge in [-0.3, -0.25) is 9.59 Å². The highest BCUT2D eigenvalue weighted by molar-refractivity contribution is 6.37. The first-order chi connectivity index (χ1) is 19.7. The number of rotatable bonds is 9. The van der Waals surface area contributed by atoms with Gasteiger partial charge in [-0.2, -0.15) is 5.10 Å². The summed E-state index contributed by atoms with van der Waals surface area (Å²) in [5.41, 5.74) is 4.26. The van der Waals surface area contributed by atoms with E-state index in [4.69, 9.17) is 44.3 Å². The number of halogens is 3. The Morgan fingerprint density at radius 2 is 1.56 bits per heavy atom. The smallest absolute Gasteiger partial charge is 0.343 e. The lowest BCUT2D eigenvalue weighted by Crippen LogP contribution is -2.18. The Labute approximate surface area is 250 Å². The first-order valence-electron chi connectivity index (χ1n) is 12.2. The van der Waals surface area contributed by atoms with E-state index >= 15 is 0 Å². The van der Waals surface area contributed by atoms with Crippen LogP contribution in [0.3, 0.4) is 0 Å². The predicted octanol–water partition coefficient (Wildman–Crippen LogP) is 7.28. The summed E-state index contributed by atoms with van der Waals surface area (Å²) in [7, 11) is 0. The molecule has 2 N–H and O–H groups in total. The molecule has 0 unspecified atom stereocenters. The first kappa shape index (κ1) is 29.6. The van der Waals surface area contributed by atoms with Crippen LogP contribution in [0, 0.1) is 0 Å². The molecule has 0 saturated carbocycles. The summed E-state index contributed by atoms with van der Waals surface area (Å²) in [5.74, 6) is -0.956. The number of nitrogens with zero attached hydrogens (tertiary/aromatic N) is 1. The van der Waals surface area contributed by atoms with Gasteiger partial charge in [0.05, 0.1) is 29.0 Å². The summed E-state index contributed by atoms with van der Waals surface area (Å²) < 4.78 is 11.1. The van der Waals surface area contributed by atoms with Crippen LogP contribution in [0.4, 0.5) is 5.69 Å². The van der Waals surface area contributed by atoms with E-state index in [2.05, 4.69) is 15.8 Å². The van der Waals surface area contributed by atoms with Crippen LogP contribution in [0.25, 0.3) is 0 Å². The fraction of sp³-hybridized carbons (Fsp3) is 0.0667. The lowest BCUT2D eigenvalue weighted by Gasteiger charge is -2.11. The molecule has 0 fully saturated rings. The average Bonchev–Trinajstić information content (AvgIpc) is 2.95. The molecular weight excluding hydrogens is 589 g/mol. The van der Waals surface area contributed by atoms with Crippen molar-refractivity contribution in [3.05, 3.63) is 122 Å². The summed E-state index contributed by atoms with van der Waals surface area (Å²) in [6.07, 6.45) is 1.42. The third-order valence-electron chi connectivity index (χ3n) is 5.49. The van der Waals surface area contributed by atoms with E-state index in [9.17, 15) is 14.4 Å². The minimum Gasteiger partial charge on any atom is -0.490 e. The van der Waals surface area contributed by atoms with Gasteiger partial charge in [0.2, 0.25) is 0 Å². The molecule has 11 heteroatoms.